The first-order chi connectivity index (χ1) is 27.3. The summed E-state index contributed by atoms with van der Waals surface area (Å²) in [6.45, 7) is 0. The van der Waals surface area contributed by atoms with Crippen molar-refractivity contribution < 1.29 is 4.42 Å². The highest BCUT2D eigenvalue weighted by Crippen LogP contribution is 2.64. The van der Waals surface area contributed by atoms with Gasteiger partial charge in [-0.2, -0.15) is 0 Å². The van der Waals surface area contributed by atoms with E-state index in [1.54, 1.807) is 0 Å². The van der Waals surface area contributed by atoms with Crippen LogP contribution in [-0.4, -0.2) is 0 Å². The van der Waals surface area contributed by atoms with E-state index in [0.717, 1.165) is 21.9 Å². The molecule has 9 aromatic carbocycles. The second-order valence-corrected chi connectivity index (χ2v) is 16.0. The van der Waals surface area contributed by atoms with Crippen LogP contribution in [0, 0.1) is 0 Å². The number of rotatable bonds is 2. The summed E-state index contributed by atoms with van der Waals surface area (Å²) in [4.78, 5) is 0. The Kier molecular flexibility index (Phi) is 5.77. The van der Waals surface area contributed by atoms with Crippen molar-refractivity contribution in [2.45, 2.75) is 5.41 Å². The second-order valence-electron chi connectivity index (χ2n) is 15.1. The Morgan fingerprint density at radius 1 is 0.364 bits per heavy atom. The lowest BCUT2D eigenvalue weighted by Crippen LogP contribution is -2.25. The zero-order chi connectivity index (χ0) is 35.8. The molecule has 0 saturated carbocycles. The van der Waals surface area contributed by atoms with E-state index >= 15 is 0 Å². The first-order valence-corrected chi connectivity index (χ1v) is 19.9. The highest BCUT2D eigenvalue weighted by atomic mass is 32.1. The molecule has 0 N–H and O–H groups in total. The Morgan fingerprint density at radius 2 is 0.909 bits per heavy atom. The predicted octanol–water partition coefficient (Wildman–Crippen LogP) is 14.8. The predicted molar refractivity (Wildman–Crippen MR) is 231 cm³/mol. The molecular weight excluding hydrogens is 685 g/mol. The molecule has 2 aliphatic carbocycles. The van der Waals surface area contributed by atoms with Gasteiger partial charge in [0.2, 0.25) is 0 Å². The molecule has 0 radical (unpaired) electrons. The van der Waals surface area contributed by atoms with Crippen LogP contribution in [0.2, 0.25) is 0 Å². The third kappa shape index (κ3) is 3.68. The third-order valence-electron chi connectivity index (χ3n) is 12.6. The van der Waals surface area contributed by atoms with E-state index in [0.29, 0.717) is 0 Å². The Balaban J connectivity index is 1.08. The largest absolute Gasteiger partial charge is 0.455 e. The number of hydrogen-bond donors (Lipinski definition) is 0. The van der Waals surface area contributed by atoms with Crippen LogP contribution in [0.3, 0.4) is 0 Å². The molecule has 0 aliphatic heterocycles. The van der Waals surface area contributed by atoms with Crippen molar-refractivity contribution in [3.63, 3.8) is 0 Å². The summed E-state index contributed by atoms with van der Waals surface area (Å²) in [6.07, 6.45) is 0. The van der Waals surface area contributed by atoms with Crippen molar-refractivity contribution in [2.75, 3.05) is 0 Å². The summed E-state index contributed by atoms with van der Waals surface area (Å²) >= 11 is 1.82. The first-order valence-electron chi connectivity index (χ1n) is 19.0. The molecule has 0 fully saturated rings. The highest BCUT2D eigenvalue weighted by molar-refractivity contribution is 7.17. The second kappa shape index (κ2) is 10.7. The molecule has 2 aromatic heterocycles. The molecule has 0 bridgehead atoms. The summed E-state index contributed by atoms with van der Waals surface area (Å²) in [6, 6.07) is 65.2. The van der Waals surface area contributed by atoms with E-state index in [1.807, 2.05) is 11.3 Å². The van der Waals surface area contributed by atoms with E-state index in [9.17, 15) is 0 Å². The first kappa shape index (κ1) is 29.7. The summed E-state index contributed by atoms with van der Waals surface area (Å²) in [5.41, 5.74) is 16.9. The third-order valence-corrected chi connectivity index (χ3v) is 13.5. The van der Waals surface area contributed by atoms with Gasteiger partial charge in [0.05, 0.1) is 5.41 Å². The Hall–Kier alpha value is -6.74. The van der Waals surface area contributed by atoms with Crippen molar-refractivity contribution in [1.82, 2.24) is 0 Å². The van der Waals surface area contributed by atoms with Crippen LogP contribution in [-0.2, 0) is 5.41 Å². The fraction of sp³-hybridized carbons (Fsp3) is 0.0189. The monoisotopic (exact) mass is 714 g/mol. The van der Waals surface area contributed by atoms with Crippen LogP contribution in [0.15, 0.2) is 186 Å². The minimum atomic E-state index is -0.398. The molecule has 2 aliphatic rings. The van der Waals surface area contributed by atoms with Gasteiger partial charge in [-0.1, -0.05) is 158 Å². The van der Waals surface area contributed by atoms with Gasteiger partial charge in [-0.3, -0.25) is 0 Å². The average molecular weight is 715 g/mol. The van der Waals surface area contributed by atoms with Gasteiger partial charge in [-0.05, 0) is 101 Å². The van der Waals surface area contributed by atoms with Crippen LogP contribution in [0.4, 0.5) is 0 Å². The van der Waals surface area contributed by atoms with Crippen molar-refractivity contribution >= 4 is 64.9 Å². The topological polar surface area (TPSA) is 13.1 Å². The standard InChI is InChI=1S/C53H30OS/c1-3-18-37-35(16-1)49(36-17-2-4-19-38(36)50(37)42-30-55-48-24-12-8-15-34(42)48)31-25-28-47-41(29-31)39-26-27-46-51(52(39)54-47)40-20-7-11-23-45(40)53(46)43-21-9-5-13-32(43)33-14-6-10-22-44(33)53/h1-30H. The van der Waals surface area contributed by atoms with Gasteiger partial charge >= 0.3 is 0 Å². The van der Waals surface area contributed by atoms with Crippen molar-refractivity contribution in [2.24, 2.45) is 0 Å². The molecule has 0 saturated heterocycles. The SMILES string of the molecule is c1ccc2c(c1)-c1ccccc1C21c2ccccc2-c2c1ccc1c2oc2ccc(-c3c4ccccc4c(-c4csc5ccccc45)c4ccccc34)cc21. The quantitative estimate of drug-likeness (QED) is 0.163. The molecule has 0 atom stereocenters. The lowest BCUT2D eigenvalue weighted by atomic mass is 9.70. The Morgan fingerprint density at radius 3 is 1.58 bits per heavy atom. The lowest BCUT2D eigenvalue weighted by molar-refractivity contribution is 0.669. The summed E-state index contributed by atoms with van der Waals surface area (Å²) in [5, 5.41) is 11.0. The smallest absolute Gasteiger partial charge is 0.143 e. The molecule has 0 amide bonds. The van der Waals surface area contributed by atoms with Crippen LogP contribution < -0.4 is 0 Å². The van der Waals surface area contributed by atoms with Crippen molar-refractivity contribution in [1.29, 1.82) is 0 Å². The zero-order valence-electron chi connectivity index (χ0n) is 29.6. The lowest BCUT2D eigenvalue weighted by Gasteiger charge is -2.30. The van der Waals surface area contributed by atoms with Gasteiger partial charge in [-0.15, -0.1) is 11.3 Å². The molecule has 1 nitrogen and oxygen atoms in total. The van der Waals surface area contributed by atoms with E-state index < -0.39 is 5.41 Å². The van der Waals surface area contributed by atoms with Gasteiger partial charge in [0, 0.05) is 32.0 Å². The summed E-state index contributed by atoms with van der Waals surface area (Å²) < 4.78 is 8.32. The van der Waals surface area contributed by atoms with E-state index in [-0.39, 0.29) is 0 Å². The van der Waals surface area contributed by atoms with E-state index in [4.69, 9.17) is 4.42 Å². The maximum Gasteiger partial charge on any atom is 0.143 e. The molecular formula is C53H30OS. The Labute approximate surface area is 321 Å². The van der Waals surface area contributed by atoms with Gasteiger partial charge in [-0.25, -0.2) is 0 Å². The van der Waals surface area contributed by atoms with Crippen LogP contribution in [0.1, 0.15) is 22.3 Å². The molecule has 254 valence electrons. The van der Waals surface area contributed by atoms with Crippen LogP contribution in [0.25, 0.3) is 98.1 Å². The number of benzene rings is 9. The fourth-order valence-corrected chi connectivity index (χ4v) is 11.4. The number of thiophene rings is 1. The highest BCUT2D eigenvalue weighted by Gasteiger charge is 2.52. The van der Waals surface area contributed by atoms with Crippen LogP contribution >= 0.6 is 11.3 Å². The number of furan rings is 1. The number of fused-ring (bicyclic) bond motifs is 17. The molecule has 0 unspecified atom stereocenters. The van der Waals surface area contributed by atoms with Gasteiger partial charge in [0.15, 0.2) is 0 Å². The minimum Gasteiger partial charge on any atom is -0.455 e. The molecule has 1 spiro atoms. The maximum atomic E-state index is 7.01. The molecule has 2 heterocycles. The van der Waals surface area contributed by atoms with Gasteiger partial charge in [0.25, 0.3) is 0 Å². The molecule has 2 heteroatoms. The summed E-state index contributed by atoms with van der Waals surface area (Å²) in [7, 11) is 0. The minimum absolute atomic E-state index is 0.398. The van der Waals surface area contributed by atoms with E-state index in [1.165, 1.54) is 98.4 Å². The number of hydrogen-bond acceptors (Lipinski definition) is 2. The average Bonchev–Trinajstić information content (AvgIpc) is 3.99. The summed E-state index contributed by atoms with van der Waals surface area (Å²) in [5.74, 6) is 0. The molecule has 55 heavy (non-hydrogen) atoms. The normalized spacial score (nSPS) is 13.6. The van der Waals surface area contributed by atoms with Gasteiger partial charge in [0.1, 0.15) is 11.2 Å². The van der Waals surface area contributed by atoms with Crippen molar-refractivity contribution in [3.8, 4) is 44.5 Å². The van der Waals surface area contributed by atoms with E-state index in [2.05, 4.69) is 181 Å². The molecule has 13 rings (SSSR count). The Bertz CT molecular complexity index is 3350. The molecule has 11 aromatic rings. The maximum absolute atomic E-state index is 7.01. The zero-order valence-corrected chi connectivity index (χ0v) is 30.5. The fourth-order valence-electron chi connectivity index (χ4n) is 10.5. The van der Waals surface area contributed by atoms with Crippen LogP contribution in [0.5, 0.6) is 0 Å². The van der Waals surface area contributed by atoms with Gasteiger partial charge < -0.3 is 4.42 Å². The van der Waals surface area contributed by atoms with Crippen molar-refractivity contribution in [3.05, 3.63) is 204 Å².